The first kappa shape index (κ1) is 28.6. The molecule has 6 aromatic carbocycles. The summed E-state index contributed by atoms with van der Waals surface area (Å²) in [4.78, 5) is 4.76. The molecular formula is C45H36N2. The lowest BCUT2D eigenvalue weighted by Crippen LogP contribution is -2.33. The minimum absolute atomic E-state index is 0.0484. The number of benzene rings is 6. The Morgan fingerprint density at radius 3 is 1.68 bits per heavy atom. The molecule has 0 heterocycles. The summed E-state index contributed by atoms with van der Waals surface area (Å²) in [5, 5.41) is 2.46. The van der Waals surface area contributed by atoms with E-state index in [1.165, 1.54) is 33.3 Å². The Balaban J connectivity index is 1.14. The van der Waals surface area contributed by atoms with E-state index in [2.05, 4.69) is 211 Å². The van der Waals surface area contributed by atoms with Gasteiger partial charge >= 0.3 is 0 Å². The second-order valence-electron chi connectivity index (χ2n) is 12.5. The fourth-order valence-corrected chi connectivity index (χ4v) is 7.03. The van der Waals surface area contributed by atoms with Gasteiger partial charge in [-0.1, -0.05) is 140 Å². The number of anilines is 5. The van der Waals surface area contributed by atoms with Gasteiger partial charge in [-0.15, -0.1) is 0 Å². The number of hydrogen-bond acceptors (Lipinski definition) is 2. The first-order valence-electron chi connectivity index (χ1n) is 16.3. The van der Waals surface area contributed by atoms with Crippen LogP contribution >= 0.6 is 0 Å². The molecule has 226 valence electrons. The Morgan fingerprint density at radius 2 is 1.00 bits per heavy atom. The van der Waals surface area contributed by atoms with Crippen LogP contribution in [-0.4, -0.2) is 0 Å². The van der Waals surface area contributed by atoms with Crippen LogP contribution in [0.15, 0.2) is 200 Å². The van der Waals surface area contributed by atoms with E-state index in [-0.39, 0.29) is 11.3 Å². The molecule has 47 heavy (non-hydrogen) atoms. The molecule has 0 aromatic heterocycles. The van der Waals surface area contributed by atoms with Gasteiger partial charge in [0, 0.05) is 45.2 Å². The third-order valence-corrected chi connectivity index (χ3v) is 9.46. The van der Waals surface area contributed by atoms with Crippen molar-refractivity contribution >= 4 is 39.2 Å². The van der Waals surface area contributed by atoms with Crippen molar-refractivity contribution in [3.05, 3.63) is 200 Å². The van der Waals surface area contributed by atoms with E-state index in [4.69, 9.17) is 0 Å². The van der Waals surface area contributed by atoms with Gasteiger partial charge in [-0.05, 0) is 77.2 Å². The monoisotopic (exact) mass is 604 g/mol. The first-order valence-corrected chi connectivity index (χ1v) is 16.3. The maximum atomic E-state index is 2.41. The lowest BCUT2D eigenvalue weighted by Gasteiger charge is -2.41. The van der Waals surface area contributed by atoms with E-state index in [0.29, 0.717) is 0 Å². The molecule has 0 bridgehead atoms. The highest BCUT2D eigenvalue weighted by atomic mass is 15.2. The number of nitrogens with zero attached hydrogens (tertiary/aromatic N) is 2. The summed E-state index contributed by atoms with van der Waals surface area (Å²) < 4.78 is 0. The molecule has 2 aliphatic carbocycles. The molecule has 8 rings (SSSR count). The molecular weight excluding hydrogens is 569 g/mol. The van der Waals surface area contributed by atoms with Gasteiger partial charge in [-0.2, -0.15) is 0 Å². The number of hydrogen-bond donors (Lipinski definition) is 0. The molecule has 0 aliphatic heterocycles. The molecule has 0 spiro atoms. The van der Waals surface area contributed by atoms with Gasteiger partial charge in [-0.25, -0.2) is 0 Å². The largest absolute Gasteiger partial charge is 0.314 e. The third-order valence-electron chi connectivity index (χ3n) is 9.46. The van der Waals surface area contributed by atoms with Gasteiger partial charge in [0.25, 0.3) is 0 Å². The maximum absolute atomic E-state index is 2.41. The van der Waals surface area contributed by atoms with Gasteiger partial charge in [0.05, 0.1) is 5.69 Å². The fourth-order valence-electron chi connectivity index (χ4n) is 7.03. The highest BCUT2D eigenvalue weighted by Crippen LogP contribution is 2.46. The van der Waals surface area contributed by atoms with Gasteiger partial charge in [-0.3, -0.25) is 0 Å². The zero-order valence-corrected chi connectivity index (χ0v) is 26.4. The molecule has 2 atom stereocenters. The molecule has 6 aromatic rings. The zero-order chi connectivity index (χ0) is 31.6. The predicted octanol–water partition coefficient (Wildman–Crippen LogP) is 12.3. The summed E-state index contributed by atoms with van der Waals surface area (Å²) in [6, 6.07) is 54.4. The molecule has 0 radical (unpaired) electrons. The second kappa shape index (κ2) is 12.2. The quantitative estimate of drug-likeness (QED) is 0.179. The van der Waals surface area contributed by atoms with Crippen LogP contribution in [0.4, 0.5) is 28.4 Å². The Hall–Kier alpha value is -5.86. The van der Waals surface area contributed by atoms with Crippen molar-refractivity contribution in [1.29, 1.82) is 0 Å². The molecule has 2 unspecified atom stereocenters. The smallest absolute Gasteiger partial charge is 0.0540 e. The number of para-hydroxylation sites is 2. The van der Waals surface area contributed by atoms with E-state index < -0.39 is 0 Å². The van der Waals surface area contributed by atoms with Crippen LogP contribution in [0.1, 0.15) is 6.92 Å². The average molecular weight is 605 g/mol. The fraction of sp³-hybridized carbons (Fsp3) is 0.0667. The molecule has 0 amide bonds. The summed E-state index contributed by atoms with van der Waals surface area (Å²) in [6.07, 6.45) is 15.8. The summed E-state index contributed by atoms with van der Waals surface area (Å²) in [5.74, 6) is 0.249. The van der Waals surface area contributed by atoms with Gasteiger partial charge in [0.1, 0.15) is 0 Å². The molecule has 2 heteroatoms. The minimum Gasteiger partial charge on any atom is -0.314 e. The standard InChI is InChI=1S/C45H36N2/c1-45-32-11-10-21-42(45)44(23-13-33-45)47(38-18-6-3-7-19-38)40-30-26-35(27-31-40)34-24-28-39(29-25-34)46(37-16-4-2-5-17-37)43-22-12-15-36-14-8-9-20-41(36)43/h2-33,42H,1H3. The maximum Gasteiger partial charge on any atom is 0.0540 e. The third kappa shape index (κ3) is 5.38. The Morgan fingerprint density at radius 1 is 0.468 bits per heavy atom. The SMILES string of the molecule is CC12C=CC=CC1C(N(c1ccccc1)c1ccc(-c3ccc(N(c4ccccc4)c4cccc5ccccc45)cc3)cc1)=CC=C2. The first-order chi connectivity index (χ1) is 23.2. The van der Waals surface area contributed by atoms with E-state index in [1.807, 2.05) is 0 Å². The molecule has 2 aliphatic rings. The van der Waals surface area contributed by atoms with Crippen molar-refractivity contribution in [3.63, 3.8) is 0 Å². The van der Waals surface area contributed by atoms with Crippen molar-refractivity contribution in [2.24, 2.45) is 11.3 Å². The highest BCUT2D eigenvalue weighted by Gasteiger charge is 2.36. The van der Waals surface area contributed by atoms with Crippen LogP contribution in [-0.2, 0) is 0 Å². The second-order valence-corrected chi connectivity index (χ2v) is 12.5. The van der Waals surface area contributed by atoms with E-state index >= 15 is 0 Å². The van der Waals surface area contributed by atoms with Crippen molar-refractivity contribution in [3.8, 4) is 11.1 Å². The average Bonchev–Trinajstić information content (AvgIpc) is 3.13. The molecule has 0 saturated heterocycles. The number of fused-ring (bicyclic) bond motifs is 2. The molecule has 0 saturated carbocycles. The van der Waals surface area contributed by atoms with Crippen LogP contribution in [0.25, 0.3) is 21.9 Å². The van der Waals surface area contributed by atoms with Crippen molar-refractivity contribution < 1.29 is 0 Å². The summed E-state index contributed by atoms with van der Waals surface area (Å²) in [7, 11) is 0. The Kier molecular flexibility index (Phi) is 7.39. The molecule has 2 nitrogen and oxygen atoms in total. The summed E-state index contributed by atoms with van der Waals surface area (Å²) in [6.45, 7) is 2.32. The van der Waals surface area contributed by atoms with Crippen LogP contribution in [0.5, 0.6) is 0 Å². The van der Waals surface area contributed by atoms with Crippen LogP contribution < -0.4 is 9.80 Å². The van der Waals surface area contributed by atoms with E-state index in [9.17, 15) is 0 Å². The topological polar surface area (TPSA) is 6.48 Å². The summed E-state index contributed by atoms with van der Waals surface area (Å²) in [5.41, 5.74) is 9.32. The van der Waals surface area contributed by atoms with Gasteiger partial charge in [0.2, 0.25) is 0 Å². The zero-order valence-electron chi connectivity index (χ0n) is 26.4. The normalized spacial score (nSPS) is 18.1. The number of rotatable bonds is 7. The molecule has 0 fully saturated rings. The minimum atomic E-state index is -0.0484. The van der Waals surface area contributed by atoms with Crippen LogP contribution in [0, 0.1) is 11.3 Å². The van der Waals surface area contributed by atoms with Crippen LogP contribution in [0.2, 0.25) is 0 Å². The Labute approximate surface area is 277 Å². The lowest BCUT2D eigenvalue weighted by atomic mass is 9.70. The predicted molar refractivity (Wildman–Crippen MR) is 200 cm³/mol. The number of allylic oxidation sites excluding steroid dienone is 7. The van der Waals surface area contributed by atoms with Crippen molar-refractivity contribution in [1.82, 2.24) is 0 Å². The van der Waals surface area contributed by atoms with Crippen LogP contribution in [0.3, 0.4) is 0 Å². The van der Waals surface area contributed by atoms with Crippen molar-refractivity contribution in [2.45, 2.75) is 6.92 Å². The molecule has 0 N–H and O–H groups in total. The van der Waals surface area contributed by atoms with Gasteiger partial charge in [0.15, 0.2) is 0 Å². The van der Waals surface area contributed by atoms with Crippen molar-refractivity contribution in [2.75, 3.05) is 9.80 Å². The van der Waals surface area contributed by atoms with E-state index in [0.717, 1.165) is 22.7 Å². The Bertz CT molecular complexity index is 2130. The summed E-state index contributed by atoms with van der Waals surface area (Å²) >= 11 is 0. The van der Waals surface area contributed by atoms with E-state index in [1.54, 1.807) is 0 Å². The highest BCUT2D eigenvalue weighted by molar-refractivity contribution is 5.99. The van der Waals surface area contributed by atoms with Gasteiger partial charge < -0.3 is 9.80 Å². The lowest BCUT2D eigenvalue weighted by molar-refractivity contribution is 0.428.